The van der Waals surface area contributed by atoms with E-state index in [1.54, 1.807) is 18.2 Å². The van der Waals surface area contributed by atoms with Crippen LogP contribution in [0.4, 0.5) is 5.13 Å². The number of nitrogens with one attached hydrogen (secondary N) is 1. The van der Waals surface area contributed by atoms with Gasteiger partial charge in [0.25, 0.3) is 0 Å². The molecule has 0 saturated heterocycles. The highest BCUT2D eigenvalue weighted by molar-refractivity contribution is 7.99. The fourth-order valence-electron chi connectivity index (χ4n) is 3.11. The van der Waals surface area contributed by atoms with E-state index < -0.39 is 10.0 Å². The minimum absolute atomic E-state index is 0.120. The number of carbonyl (C=O) groups is 1. The van der Waals surface area contributed by atoms with Gasteiger partial charge in [0.1, 0.15) is 0 Å². The number of nitrogens with zero attached hydrogens (tertiary/aromatic N) is 2. The highest BCUT2D eigenvalue weighted by atomic mass is 32.2. The van der Waals surface area contributed by atoms with Crippen LogP contribution in [0.25, 0.3) is 10.2 Å². The first-order chi connectivity index (χ1) is 14.9. The topological polar surface area (TPSA) is 79.4 Å². The first-order valence-electron chi connectivity index (χ1n) is 10.3. The lowest BCUT2D eigenvalue weighted by molar-refractivity contribution is -0.113. The zero-order valence-electron chi connectivity index (χ0n) is 17.7. The summed E-state index contributed by atoms with van der Waals surface area (Å²) in [5.41, 5.74) is 1.85. The van der Waals surface area contributed by atoms with Gasteiger partial charge in [0.05, 0.1) is 20.9 Å². The summed E-state index contributed by atoms with van der Waals surface area (Å²) in [5, 5.41) is 3.31. The molecule has 2 aromatic carbocycles. The SMILES string of the molecule is CCCN(CCC)S(=O)(=O)c1ccc2nc(NC(=O)CSCc3ccccc3)sc2c1. The molecule has 3 rings (SSSR count). The van der Waals surface area contributed by atoms with E-state index in [0.29, 0.717) is 29.5 Å². The second kappa shape index (κ2) is 11.1. The van der Waals surface area contributed by atoms with Gasteiger partial charge < -0.3 is 5.32 Å². The molecule has 0 unspecified atom stereocenters. The molecule has 0 aliphatic rings. The van der Waals surface area contributed by atoms with Crippen molar-refractivity contribution in [2.75, 3.05) is 24.2 Å². The van der Waals surface area contributed by atoms with Gasteiger partial charge in [-0.15, -0.1) is 11.8 Å². The van der Waals surface area contributed by atoms with Crippen LogP contribution in [0.5, 0.6) is 0 Å². The van der Waals surface area contributed by atoms with Crippen LogP contribution < -0.4 is 5.32 Å². The van der Waals surface area contributed by atoms with Crippen LogP contribution in [0.3, 0.4) is 0 Å². The van der Waals surface area contributed by atoms with E-state index in [0.717, 1.165) is 23.3 Å². The summed E-state index contributed by atoms with van der Waals surface area (Å²) in [7, 11) is -3.55. The predicted molar refractivity (Wildman–Crippen MR) is 130 cm³/mol. The Morgan fingerprint density at radius 3 is 2.48 bits per heavy atom. The fraction of sp³-hybridized carbons (Fsp3) is 0.364. The molecule has 1 N–H and O–H groups in total. The molecule has 1 amide bonds. The Labute approximate surface area is 192 Å². The number of thiazole rings is 1. The molecule has 0 atom stereocenters. The van der Waals surface area contributed by atoms with Crippen molar-refractivity contribution in [2.45, 2.75) is 37.3 Å². The summed E-state index contributed by atoms with van der Waals surface area (Å²) in [5.74, 6) is 0.972. The third-order valence-corrected chi connectivity index (χ3v) is 8.37. The number of amides is 1. The lowest BCUT2D eigenvalue weighted by Crippen LogP contribution is -2.32. The number of rotatable bonds is 11. The minimum Gasteiger partial charge on any atom is -0.301 e. The molecule has 1 heterocycles. The number of anilines is 1. The second-order valence-corrected chi connectivity index (χ2v) is 11.0. The normalized spacial score (nSPS) is 11.8. The van der Waals surface area contributed by atoms with Crippen LogP contribution in [0.2, 0.25) is 0 Å². The molecule has 0 fully saturated rings. The maximum absolute atomic E-state index is 13.0. The summed E-state index contributed by atoms with van der Waals surface area (Å²) in [6.07, 6.45) is 1.53. The molecule has 0 bridgehead atoms. The van der Waals surface area contributed by atoms with Crippen molar-refractivity contribution >= 4 is 54.4 Å². The third kappa shape index (κ3) is 6.29. The van der Waals surface area contributed by atoms with E-state index in [-0.39, 0.29) is 10.8 Å². The first-order valence-corrected chi connectivity index (χ1v) is 13.7. The number of sulfonamides is 1. The van der Waals surface area contributed by atoms with Crippen LogP contribution in [0.1, 0.15) is 32.3 Å². The Balaban J connectivity index is 1.66. The summed E-state index contributed by atoms with van der Waals surface area (Å²) < 4.78 is 28.3. The lowest BCUT2D eigenvalue weighted by Gasteiger charge is -2.20. The number of fused-ring (bicyclic) bond motifs is 1. The molecule has 166 valence electrons. The number of carbonyl (C=O) groups excluding carboxylic acids is 1. The number of hydrogen-bond donors (Lipinski definition) is 1. The second-order valence-electron chi connectivity index (χ2n) is 7.08. The quantitative estimate of drug-likeness (QED) is 0.421. The van der Waals surface area contributed by atoms with Crippen molar-refractivity contribution in [1.29, 1.82) is 0 Å². The van der Waals surface area contributed by atoms with E-state index in [2.05, 4.69) is 10.3 Å². The molecule has 1 aromatic heterocycles. The zero-order chi connectivity index (χ0) is 22.3. The molecular weight excluding hydrogens is 450 g/mol. The number of hydrogen-bond acceptors (Lipinski definition) is 6. The van der Waals surface area contributed by atoms with Crippen molar-refractivity contribution in [1.82, 2.24) is 9.29 Å². The van der Waals surface area contributed by atoms with Crippen LogP contribution >= 0.6 is 23.1 Å². The lowest BCUT2D eigenvalue weighted by atomic mass is 10.2. The molecule has 3 aromatic rings. The average Bonchev–Trinajstić information content (AvgIpc) is 3.15. The van der Waals surface area contributed by atoms with Gasteiger partial charge in [0, 0.05) is 18.8 Å². The monoisotopic (exact) mass is 477 g/mol. The standard InChI is InChI=1S/C22H27N3O3S3/c1-3-12-25(13-4-2)31(27,28)18-10-11-19-20(14-18)30-22(23-19)24-21(26)16-29-15-17-8-6-5-7-9-17/h5-11,14H,3-4,12-13,15-16H2,1-2H3,(H,23,24,26). The summed E-state index contributed by atoms with van der Waals surface area (Å²) in [4.78, 5) is 17.0. The maximum atomic E-state index is 13.0. The van der Waals surface area contributed by atoms with Gasteiger partial charge in [-0.3, -0.25) is 4.79 Å². The van der Waals surface area contributed by atoms with Gasteiger partial charge in [-0.05, 0) is 36.6 Å². The highest BCUT2D eigenvalue weighted by Gasteiger charge is 2.23. The summed E-state index contributed by atoms with van der Waals surface area (Å²) in [6.45, 7) is 4.94. The van der Waals surface area contributed by atoms with Crippen molar-refractivity contribution in [3.63, 3.8) is 0 Å². The number of benzene rings is 2. The van der Waals surface area contributed by atoms with Gasteiger partial charge >= 0.3 is 0 Å². The van der Waals surface area contributed by atoms with Crippen LogP contribution in [0.15, 0.2) is 53.4 Å². The van der Waals surface area contributed by atoms with E-state index in [1.165, 1.54) is 33.0 Å². The molecule has 9 heteroatoms. The largest absolute Gasteiger partial charge is 0.301 e. The van der Waals surface area contributed by atoms with Gasteiger partial charge in [-0.25, -0.2) is 13.4 Å². The smallest absolute Gasteiger partial charge is 0.243 e. The van der Waals surface area contributed by atoms with Crippen molar-refractivity contribution in [2.24, 2.45) is 0 Å². The average molecular weight is 478 g/mol. The highest BCUT2D eigenvalue weighted by Crippen LogP contribution is 2.29. The van der Waals surface area contributed by atoms with Crippen molar-refractivity contribution in [3.05, 3.63) is 54.1 Å². The Hall–Kier alpha value is -1.94. The summed E-state index contributed by atoms with van der Waals surface area (Å²) >= 11 is 2.83. The van der Waals surface area contributed by atoms with Crippen molar-refractivity contribution < 1.29 is 13.2 Å². The fourth-order valence-corrected chi connectivity index (χ4v) is 6.54. The van der Waals surface area contributed by atoms with Gasteiger partial charge in [-0.2, -0.15) is 4.31 Å². The first kappa shape index (κ1) is 23.7. The van der Waals surface area contributed by atoms with Crippen LogP contribution in [-0.4, -0.2) is 42.5 Å². The third-order valence-electron chi connectivity index (χ3n) is 4.53. The van der Waals surface area contributed by atoms with Gasteiger partial charge in [0.15, 0.2) is 5.13 Å². The van der Waals surface area contributed by atoms with Gasteiger partial charge in [0.2, 0.25) is 15.9 Å². The van der Waals surface area contributed by atoms with Gasteiger partial charge in [-0.1, -0.05) is 55.5 Å². The molecular formula is C22H27N3O3S3. The zero-order valence-corrected chi connectivity index (χ0v) is 20.2. The van der Waals surface area contributed by atoms with Crippen LogP contribution in [0, 0.1) is 0 Å². The molecule has 0 spiro atoms. The van der Waals surface area contributed by atoms with E-state index in [1.807, 2.05) is 44.2 Å². The molecule has 0 aliphatic heterocycles. The van der Waals surface area contributed by atoms with E-state index in [9.17, 15) is 13.2 Å². The van der Waals surface area contributed by atoms with E-state index in [4.69, 9.17) is 0 Å². The Morgan fingerprint density at radius 1 is 1.10 bits per heavy atom. The molecule has 0 aliphatic carbocycles. The van der Waals surface area contributed by atoms with E-state index >= 15 is 0 Å². The maximum Gasteiger partial charge on any atom is 0.243 e. The number of thioether (sulfide) groups is 1. The van der Waals surface area contributed by atoms with Crippen LogP contribution in [-0.2, 0) is 20.6 Å². The molecule has 31 heavy (non-hydrogen) atoms. The molecule has 6 nitrogen and oxygen atoms in total. The minimum atomic E-state index is -3.55. The Morgan fingerprint density at radius 2 is 1.81 bits per heavy atom. The summed E-state index contributed by atoms with van der Waals surface area (Å²) in [6, 6.07) is 14.9. The number of aromatic nitrogens is 1. The molecule has 0 radical (unpaired) electrons. The molecule has 0 saturated carbocycles. The predicted octanol–water partition coefficient (Wildman–Crippen LogP) is 4.98. The Kier molecular flexibility index (Phi) is 8.48. The Bertz CT molecular complexity index is 1110. The van der Waals surface area contributed by atoms with Crippen molar-refractivity contribution in [3.8, 4) is 0 Å².